The van der Waals surface area contributed by atoms with E-state index >= 15 is 0 Å². The molecule has 0 saturated heterocycles. The van der Waals surface area contributed by atoms with Crippen molar-refractivity contribution in [1.82, 2.24) is 9.97 Å². The number of pyridine rings is 1. The smallest absolute Gasteiger partial charge is 0.263 e. The van der Waals surface area contributed by atoms with E-state index in [-0.39, 0.29) is 15.2 Å². The Bertz CT molecular complexity index is 639. The average Bonchev–Trinajstić information content (AvgIpc) is 2.65. The zero-order valence-electron chi connectivity index (χ0n) is 8.71. The van der Waals surface area contributed by atoms with E-state index in [0.29, 0.717) is 5.01 Å². The summed E-state index contributed by atoms with van der Waals surface area (Å²) < 4.78 is 26.3. The summed E-state index contributed by atoms with van der Waals surface area (Å²) in [6, 6.07) is 4.71. The van der Waals surface area contributed by atoms with E-state index in [1.165, 1.54) is 12.3 Å². The largest absolute Gasteiger partial charge is 0.274 e. The van der Waals surface area contributed by atoms with Gasteiger partial charge < -0.3 is 0 Å². The normalized spacial score (nSPS) is 11.4. The number of thiazole rings is 1. The molecule has 0 aliphatic heterocycles. The van der Waals surface area contributed by atoms with Crippen LogP contribution in [-0.2, 0) is 10.0 Å². The molecule has 2 rings (SSSR count). The molecule has 0 aromatic carbocycles. The molecule has 2 aromatic heterocycles. The topological polar surface area (TPSA) is 72.0 Å². The van der Waals surface area contributed by atoms with Crippen LogP contribution < -0.4 is 4.72 Å². The highest BCUT2D eigenvalue weighted by atomic mass is 35.5. The maximum atomic E-state index is 11.9. The summed E-state index contributed by atoms with van der Waals surface area (Å²) >= 11 is 6.76. The van der Waals surface area contributed by atoms with Crippen molar-refractivity contribution in [3.8, 4) is 0 Å². The minimum Gasteiger partial charge on any atom is -0.263 e. The van der Waals surface area contributed by atoms with Crippen LogP contribution in [0.25, 0.3) is 0 Å². The molecule has 0 amide bonds. The number of nitrogens with one attached hydrogen (secondary N) is 1. The first-order valence-corrected chi connectivity index (χ1v) is 7.23. The fourth-order valence-corrected chi connectivity index (χ4v) is 3.39. The molecule has 2 heterocycles. The number of halogens is 1. The van der Waals surface area contributed by atoms with Crippen molar-refractivity contribution in [2.45, 2.75) is 11.1 Å². The van der Waals surface area contributed by atoms with Gasteiger partial charge in [0.25, 0.3) is 10.0 Å². The van der Waals surface area contributed by atoms with Crippen molar-refractivity contribution in [3.05, 3.63) is 34.6 Å². The van der Waals surface area contributed by atoms with E-state index in [1.54, 1.807) is 19.1 Å². The first-order chi connectivity index (χ1) is 7.97. The zero-order chi connectivity index (χ0) is 12.5. The van der Waals surface area contributed by atoms with E-state index in [1.807, 2.05) is 0 Å². The Labute approximate surface area is 108 Å². The van der Waals surface area contributed by atoms with Gasteiger partial charge in [-0.15, -0.1) is 11.3 Å². The van der Waals surface area contributed by atoms with Crippen LogP contribution in [0.1, 0.15) is 5.01 Å². The molecule has 8 heteroatoms. The third kappa shape index (κ3) is 2.93. The Morgan fingerprint density at radius 1 is 1.41 bits per heavy atom. The molecule has 1 N–H and O–H groups in total. The number of hydrogen-bond acceptors (Lipinski definition) is 5. The molecular weight excluding hydrogens is 282 g/mol. The fraction of sp³-hybridized carbons (Fsp3) is 0.111. The lowest BCUT2D eigenvalue weighted by Gasteiger charge is -2.04. The first kappa shape index (κ1) is 12.3. The van der Waals surface area contributed by atoms with Crippen LogP contribution in [0.4, 0.5) is 5.82 Å². The molecule has 0 unspecified atom stereocenters. The van der Waals surface area contributed by atoms with Crippen molar-refractivity contribution >= 4 is 38.8 Å². The number of rotatable bonds is 3. The van der Waals surface area contributed by atoms with Gasteiger partial charge >= 0.3 is 0 Å². The molecule has 0 atom stereocenters. The molecule has 90 valence electrons. The lowest BCUT2D eigenvalue weighted by molar-refractivity contribution is 0.603. The number of hydrogen-bond donors (Lipinski definition) is 1. The molecule has 0 aliphatic carbocycles. The van der Waals surface area contributed by atoms with Crippen LogP contribution in [0.3, 0.4) is 0 Å². The molecule has 0 radical (unpaired) electrons. The van der Waals surface area contributed by atoms with E-state index in [2.05, 4.69) is 14.7 Å². The molecule has 17 heavy (non-hydrogen) atoms. The summed E-state index contributed by atoms with van der Waals surface area (Å²) in [5.41, 5.74) is 0. The van der Waals surface area contributed by atoms with Gasteiger partial charge in [0.2, 0.25) is 0 Å². The van der Waals surface area contributed by atoms with Gasteiger partial charge in [-0.1, -0.05) is 17.7 Å². The third-order valence-corrected chi connectivity index (χ3v) is 4.76. The Kier molecular flexibility index (Phi) is 3.32. The fourth-order valence-electron chi connectivity index (χ4n) is 1.12. The Hall–Kier alpha value is -1.18. The second-order valence-corrected chi connectivity index (χ2v) is 6.68. The van der Waals surface area contributed by atoms with E-state index in [9.17, 15) is 8.42 Å². The van der Waals surface area contributed by atoms with Crippen molar-refractivity contribution in [2.75, 3.05) is 4.72 Å². The summed E-state index contributed by atoms with van der Waals surface area (Å²) in [5, 5.41) is 0.912. The Balaban J connectivity index is 2.29. The van der Waals surface area contributed by atoms with Gasteiger partial charge in [-0.05, 0) is 19.1 Å². The van der Waals surface area contributed by atoms with Crippen LogP contribution in [0.15, 0.2) is 28.6 Å². The summed E-state index contributed by atoms with van der Waals surface area (Å²) in [4.78, 5) is 7.75. The minimum atomic E-state index is -3.62. The third-order valence-electron chi connectivity index (χ3n) is 1.82. The Morgan fingerprint density at radius 2 is 2.18 bits per heavy atom. The van der Waals surface area contributed by atoms with Gasteiger partial charge in [-0.2, -0.15) is 0 Å². The molecule has 0 bridgehead atoms. The maximum Gasteiger partial charge on any atom is 0.274 e. The molecule has 0 aliphatic rings. The van der Waals surface area contributed by atoms with Crippen molar-refractivity contribution < 1.29 is 8.42 Å². The standard InChI is InChI=1S/C9H8ClN3O2S2/c1-6-11-5-9(16-6)17(14,15)13-8-4-2-3-7(10)12-8/h2-5H,1H3,(H,12,13). The van der Waals surface area contributed by atoms with E-state index < -0.39 is 10.0 Å². The summed E-state index contributed by atoms with van der Waals surface area (Å²) in [6.07, 6.45) is 1.31. The van der Waals surface area contributed by atoms with Gasteiger partial charge in [-0.25, -0.2) is 18.4 Å². The maximum absolute atomic E-state index is 11.9. The number of sulfonamides is 1. The number of aromatic nitrogens is 2. The van der Waals surface area contributed by atoms with Gasteiger partial charge in [0.15, 0.2) is 4.21 Å². The summed E-state index contributed by atoms with van der Waals surface area (Å²) in [7, 11) is -3.62. The predicted molar refractivity (Wildman–Crippen MR) is 66.9 cm³/mol. The first-order valence-electron chi connectivity index (χ1n) is 4.55. The summed E-state index contributed by atoms with van der Waals surface area (Å²) in [5.74, 6) is 0.184. The molecule has 5 nitrogen and oxygen atoms in total. The van der Waals surface area contributed by atoms with Crippen LogP contribution >= 0.6 is 22.9 Å². The molecule has 0 saturated carbocycles. The van der Waals surface area contributed by atoms with E-state index in [4.69, 9.17) is 11.6 Å². The van der Waals surface area contributed by atoms with Crippen LogP contribution in [0.5, 0.6) is 0 Å². The molecule has 2 aromatic rings. The number of aryl methyl sites for hydroxylation is 1. The SMILES string of the molecule is Cc1ncc(S(=O)(=O)Nc2cccc(Cl)n2)s1. The molecule has 0 fully saturated rings. The van der Waals surface area contributed by atoms with Gasteiger partial charge in [-0.3, -0.25) is 4.72 Å². The monoisotopic (exact) mass is 289 g/mol. The predicted octanol–water partition coefficient (Wildman–Crippen LogP) is 2.30. The highest BCUT2D eigenvalue weighted by Crippen LogP contribution is 2.21. The highest BCUT2D eigenvalue weighted by molar-refractivity contribution is 7.94. The number of nitrogens with zero attached hydrogens (tertiary/aromatic N) is 2. The van der Waals surface area contributed by atoms with Crippen molar-refractivity contribution in [3.63, 3.8) is 0 Å². The molecular formula is C9H8ClN3O2S2. The second kappa shape index (κ2) is 4.59. The average molecular weight is 290 g/mol. The van der Waals surface area contributed by atoms with E-state index in [0.717, 1.165) is 11.3 Å². The molecule has 0 spiro atoms. The number of anilines is 1. The van der Waals surface area contributed by atoms with Crippen LogP contribution in [0.2, 0.25) is 5.15 Å². The lowest BCUT2D eigenvalue weighted by atomic mass is 10.5. The van der Waals surface area contributed by atoms with Crippen LogP contribution in [-0.4, -0.2) is 18.4 Å². The van der Waals surface area contributed by atoms with Crippen LogP contribution in [0, 0.1) is 6.92 Å². The quantitative estimate of drug-likeness (QED) is 0.880. The minimum absolute atomic E-state index is 0.150. The van der Waals surface area contributed by atoms with Gasteiger partial charge in [0, 0.05) is 0 Å². The lowest BCUT2D eigenvalue weighted by Crippen LogP contribution is -2.12. The van der Waals surface area contributed by atoms with Crippen molar-refractivity contribution in [1.29, 1.82) is 0 Å². The Morgan fingerprint density at radius 3 is 2.76 bits per heavy atom. The van der Waals surface area contributed by atoms with Gasteiger partial charge in [0.05, 0.1) is 11.2 Å². The second-order valence-electron chi connectivity index (χ2n) is 3.15. The van der Waals surface area contributed by atoms with Crippen molar-refractivity contribution in [2.24, 2.45) is 0 Å². The van der Waals surface area contributed by atoms with Gasteiger partial charge in [0.1, 0.15) is 11.0 Å². The summed E-state index contributed by atoms with van der Waals surface area (Å²) in [6.45, 7) is 1.74. The zero-order valence-corrected chi connectivity index (χ0v) is 11.1. The highest BCUT2D eigenvalue weighted by Gasteiger charge is 2.17.